The van der Waals surface area contributed by atoms with E-state index in [1.54, 1.807) is 6.08 Å². The number of amides is 1. The van der Waals surface area contributed by atoms with Crippen molar-refractivity contribution >= 4 is 5.91 Å². The molecule has 0 aliphatic heterocycles. The molecule has 5 heteroatoms. The predicted molar refractivity (Wildman–Crippen MR) is 213 cm³/mol. The lowest BCUT2D eigenvalue weighted by Gasteiger charge is -2.21. The van der Waals surface area contributed by atoms with Crippen LogP contribution in [0, 0.1) is 0 Å². The average molecular weight is 690 g/mol. The highest BCUT2D eigenvalue weighted by atomic mass is 16.3. The summed E-state index contributed by atoms with van der Waals surface area (Å²) in [6.07, 6.45) is 48.9. The van der Waals surface area contributed by atoms with Crippen molar-refractivity contribution in [2.45, 2.75) is 231 Å². The van der Waals surface area contributed by atoms with Crippen molar-refractivity contribution in [2.24, 2.45) is 0 Å². The van der Waals surface area contributed by atoms with Crippen molar-refractivity contribution in [2.75, 3.05) is 6.61 Å². The SMILES string of the molecule is CCCCCCCCCCC/C=C\C/C=C\CCCCCCCCCCC(O)C(=O)NC(CO)C(O)/C=C/CCCCCCCCCCC. The van der Waals surface area contributed by atoms with E-state index in [2.05, 4.69) is 43.5 Å². The third-order valence-corrected chi connectivity index (χ3v) is 9.73. The molecule has 49 heavy (non-hydrogen) atoms. The highest BCUT2D eigenvalue weighted by Gasteiger charge is 2.22. The zero-order valence-electron chi connectivity index (χ0n) is 32.6. The van der Waals surface area contributed by atoms with E-state index in [1.165, 1.54) is 154 Å². The van der Waals surface area contributed by atoms with Crippen molar-refractivity contribution in [3.63, 3.8) is 0 Å². The Morgan fingerprint density at radius 3 is 1.29 bits per heavy atom. The van der Waals surface area contributed by atoms with E-state index < -0.39 is 24.2 Å². The van der Waals surface area contributed by atoms with Crippen molar-refractivity contribution < 1.29 is 20.1 Å². The first kappa shape index (κ1) is 47.6. The number of aliphatic hydroxyl groups excluding tert-OH is 3. The Balaban J connectivity index is 3.66. The van der Waals surface area contributed by atoms with Crippen LogP contribution >= 0.6 is 0 Å². The van der Waals surface area contributed by atoms with Gasteiger partial charge in [-0.05, 0) is 51.4 Å². The Kier molecular flexibility index (Phi) is 38.2. The molecule has 0 aliphatic rings. The molecule has 3 atom stereocenters. The van der Waals surface area contributed by atoms with Crippen LogP contribution in [0.4, 0.5) is 0 Å². The zero-order valence-corrected chi connectivity index (χ0v) is 32.6. The van der Waals surface area contributed by atoms with Gasteiger partial charge in [0, 0.05) is 0 Å². The van der Waals surface area contributed by atoms with Crippen LogP contribution in [0.15, 0.2) is 36.5 Å². The number of carbonyl (C=O) groups excluding carboxylic acids is 1. The fourth-order valence-corrected chi connectivity index (χ4v) is 6.33. The van der Waals surface area contributed by atoms with E-state index in [1.807, 2.05) is 6.08 Å². The first-order valence-corrected chi connectivity index (χ1v) is 21.3. The van der Waals surface area contributed by atoms with E-state index in [0.717, 1.165) is 38.5 Å². The summed E-state index contributed by atoms with van der Waals surface area (Å²) < 4.78 is 0. The number of carbonyl (C=O) groups is 1. The molecule has 0 aliphatic carbocycles. The molecule has 0 saturated heterocycles. The number of hydrogen-bond acceptors (Lipinski definition) is 4. The van der Waals surface area contributed by atoms with E-state index >= 15 is 0 Å². The first-order chi connectivity index (χ1) is 24.1. The molecule has 4 N–H and O–H groups in total. The van der Waals surface area contributed by atoms with Gasteiger partial charge in [0.1, 0.15) is 6.10 Å². The molecule has 0 spiro atoms. The molecule has 0 aromatic carbocycles. The van der Waals surface area contributed by atoms with Crippen molar-refractivity contribution in [1.82, 2.24) is 5.32 Å². The van der Waals surface area contributed by atoms with Crippen LogP contribution in [0.5, 0.6) is 0 Å². The largest absolute Gasteiger partial charge is 0.394 e. The van der Waals surface area contributed by atoms with Crippen LogP contribution in [0.3, 0.4) is 0 Å². The minimum atomic E-state index is -1.10. The Morgan fingerprint density at radius 1 is 0.510 bits per heavy atom. The topological polar surface area (TPSA) is 89.8 Å². The minimum Gasteiger partial charge on any atom is -0.394 e. The number of allylic oxidation sites excluding steroid dienone is 5. The summed E-state index contributed by atoms with van der Waals surface area (Å²) in [5, 5.41) is 33.0. The van der Waals surface area contributed by atoms with Gasteiger partial charge in [0.25, 0.3) is 0 Å². The van der Waals surface area contributed by atoms with Gasteiger partial charge < -0.3 is 20.6 Å². The van der Waals surface area contributed by atoms with Crippen LogP contribution in [0.1, 0.15) is 213 Å². The molecule has 0 aromatic heterocycles. The number of nitrogens with one attached hydrogen (secondary N) is 1. The third kappa shape index (κ3) is 34.8. The molecule has 5 nitrogen and oxygen atoms in total. The molecule has 0 radical (unpaired) electrons. The van der Waals surface area contributed by atoms with E-state index in [-0.39, 0.29) is 6.61 Å². The number of rotatable bonds is 38. The second-order valence-corrected chi connectivity index (χ2v) is 14.6. The highest BCUT2D eigenvalue weighted by molar-refractivity contribution is 5.80. The van der Waals surface area contributed by atoms with E-state index in [9.17, 15) is 20.1 Å². The Hall–Kier alpha value is -1.43. The summed E-state index contributed by atoms with van der Waals surface area (Å²) in [4.78, 5) is 12.4. The second kappa shape index (κ2) is 39.4. The summed E-state index contributed by atoms with van der Waals surface area (Å²) in [6, 6.07) is -0.798. The van der Waals surface area contributed by atoms with Gasteiger partial charge in [0.05, 0.1) is 18.8 Å². The van der Waals surface area contributed by atoms with Gasteiger partial charge in [0.2, 0.25) is 5.91 Å². The zero-order chi connectivity index (χ0) is 35.9. The van der Waals surface area contributed by atoms with Gasteiger partial charge in [-0.25, -0.2) is 0 Å². The van der Waals surface area contributed by atoms with Crippen LogP contribution in [-0.4, -0.2) is 46.1 Å². The quantitative estimate of drug-likeness (QED) is 0.0384. The maximum Gasteiger partial charge on any atom is 0.249 e. The summed E-state index contributed by atoms with van der Waals surface area (Å²) in [5.74, 6) is -0.510. The Morgan fingerprint density at radius 2 is 0.878 bits per heavy atom. The van der Waals surface area contributed by atoms with Gasteiger partial charge in [0.15, 0.2) is 0 Å². The summed E-state index contributed by atoms with van der Waals surface area (Å²) in [6.45, 7) is 4.16. The molecular weight excluding hydrogens is 606 g/mol. The molecule has 0 heterocycles. The summed E-state index contributed by atoms with van der Waals surface area (Å²) >= 11 is 0. The summed E-state index contributed by atoms with van der Waals surface area (Å²) in [7, 11) is 0. The van der Waals surface area contributed by atoms with Crippen LogP contribution in [0.2, 0.25) is 0 Å². The number of aliphatic hydroxyl groups is 3. The maximum absolute atomic E-state index is 12.4. The normalized spacial score (nSPS) is 14.0. The lowest BCUT2D eigenvalue weighted by atomic mass is 10.0. The molecule has 288 valence electrons. The van der Waals surface area contributed by atoms with E-state index in [0.29, 0.717) is 6.42 Å². The highest BCUT2D eigenvalue weighted by Crippen LogP contribution is 2.14. The molecule has 0 saturated carbocycles. The van der Waals surface area contributed by atoms with Gasteiger partial charge in [-0.15, -0.1) is 0 Å². The molecule has 1 amide bonds. The fourth-order valence-electron chi connectivity index (χ4n) is 6.33. The van der Waals surface area contributed by atoms with Gasteiger partial charge in [-0.1, -0.05) is 198 Å². The summed E-state index contributed by atoms with van der Waals surface area (Å²) in [5.41, 5.74) is 0. The van der Waals surface area contributed by atoms with Crippen molar-refractivity contribution in [1.29, 1.82) is 0 Å². The number of unbranched alkanes of at least 4 members (excludes halogenated alkanes) is 26. The number of hydrogen-bond donors (Lipinski definition) is 4. The van der Waals surface area contributed by atoms with Gasteiger partial charge in [-0.3, -0.25) is 4.79 Å². The molecule has 0 bridgehead atoms. The molecular formula is C44H83NO4. The maximum atomic E-state index is 12.4. The Bertz CT molecular complexity index is 764. The molecule has 0 fully saturated rings. The van der Waals surface area contributed by atoms with Crippen LogP contribution in [0.25, 0.3) is 0 Å². The average Bonchev–Trinajstić information content (AvgIpc) is 3.11. The molecule has 0 aromatic rings. The monoisotopic (exact) mass is 690 g/mol. The predicted octanol–water partition coefficient (Wildman–Crippen LogP) is 12.0. The molecule has 3 unspecified atom stereocenters. The van der Waals surface area contributed by atoms with Gasteiger partial charge >= 0.3 is 0 Å². The third-order valence-electron chi connectivity index (χ3n) is 9.73. The van der Waals surface area contributed by atoms with E-state index in [4.69, 9.17) is 0 Å². The lowest BCUT2D eigenvalue weighted by molar-refractivity contribution is -0.131. The Labute approximate surface area is 304 Å². The standard InChI is InChI=1S/C44H83NO4/c1-3-5-7-9-11-13-15-16-17-18-19-20-21-22-23-24-25-26-27-29-31-33-35-37-39-43(48)44(49)45-41(40-46)42(47)38-36-34-32-30-28-14-12-10-8-6-4-2/h19-20,22-23,36,38,41-43,46-48H,3-18,21,24-35,37,39-40H2,1-2H3,(H,45,49)/b20-19-,23-22-,38-36+. The van der Waals surface area contributed by atoms with Crippen LogP contribution < -0.4 is 5.32 Å². The smallest absolute Gasteiger partial charge is 0.249 e. The first-order valence-electron chi connectivity index (χ1n) is 21.3. The minimum absolute atomic E-state index is 0.366. The molecule has 0 rings (SSSR count). The lowest BCUT2D eigenvalue weighted by Crippen LogP contribution is -2.48. The fraction of sp³-hybridized carbons (Fsp3) is 0.841. The van der Waals surface area contributed by atoms with Crippen LogP contribution in [-0.2, 0) is 4.79 Å². The van der Waals surface area contributed by atoms with Crippen molar-refractivity contribution in [3.8, 4) is 0 Å². The van der Waals surface area contributed by atoms with Gasteiger partial charge in [-0.2, -0.15) is 0 Å². The second-order valence-electron chi connectivity index (χ2n) is 14.6. The van der Waals surface area contributed by atoms with Crippen molar-refractivity contribution in [3.05, 3.63) is 36.5 Å².